The van der Waals surface area contributed by atoms with E-state index in [1.54, 1.807) is 31.2 Å². The van der Waals surface area contributed by atoms with Crippen LogP contribution in [0.3, 0.4) is 0 Å². The van der Waals surface area contributed by atoms with Crippen molar-refractivity contribution in [3.8, 4) is 0 Å². The highest BCUT2D eigenvalue weighted by Crippen LogP contribution is 2.15. The normalized spacial score (nSPS) is 13.5. The Labute approximate surface area is 113 Å². The maximum Gasteiger partial charge on any atom is 0.151 e. The second-order valence-electron chi connectivity index (χ2n) is 4.01. The van der Waals surface area contributed by atoms with Crippen molar-refractivity contribution < 1.29 is 13.5 Å². The molecular weight excluding hydrogens is 274 g/mol. The molecule has 0 aromatic heterocycles. The molecule has 18 heavy (non-hydrogen) atoms. The molecule has 0 saturated carbocycles. The molecule has 0 heterocycles. The molecule has 1 unspecified atom stereocenters. The number of halogens is 1. The van der Waals surface area contributed by atoms with Gasteiger partial charge in [0.25, 0.3) is 0 Å². The highest BCUT2D eigenvalue weighted by molar-refractivity contribution is 7.91. The highest BCUT2D eigenvalue weighted by atomic mass is 35.5. The number of aliphatic hydroxyl groups excluding tert-OH is 1. The number of rotatable bonds is 7. The third-order valence-corrected chi connectivity index (χ3v) is 4.58. The Bertz CT molecular complexity index is 459. The van der Waals surface area contributed by atoms with Gasteiger partial charge in [-0.25, -0.2) is 8.42 Å². The second-order valence-corrected chi connectivity index (χ2v) is 6.92. The third kappa shape index (κ3) is 5.35. The van der Waals surface area contributed by atoms with Crippen LogP contribution in [0.4, 0.5) is 0 Å². The first-order valence-corrected chi connectivity index (χ1v) is 7.99. The molecule has 0 spiro atoms. The van der Waals surface area contributed by atoms with E-state index in [-0.39, 0.29) is 11.5 Å². The summed E-state index contributed by atoms with van der Waals surface area (Å²) in [5, 5.41) is 13.4. The van der Waals surface area contributed by atoms with Crippen LogP contribution in [-0.2, 0) is 9.84 Å². The zero-order chi connectivity index (χ0) is 13.6. The molecule has 1 atom stereocenters. The van der Waals surface area contributed by atoms with Gasteiger partial charge in [0.1, 0.15) is 0 Å². The van der Waals surface area contributed by atoms with E-state index >= 15 is 0 Å². The van der Waals surface area contributed by atoms with Crippen LogP contribution in [0, 0.1) is 0 Å². The summed E-state index contributed by atoms with van der Waals surface area (Å²) in [6.45, 7) is 2.29. The molecule has 1 aromatic carbocycles. The summed E-state index contributed by atoms with van der Waals surface area (Å²) >= 11 is 5.75. The van der Waals surface area contributed by atoms with Crippen LogP contribution < -0.4 is 5.32 Å². The monoisotopic (exact) mass is 291 g/mol. The predicted octanol–water partition coefficient (Wildman–Crippen LogP) is 1.40. The molecule has 0 aliphatic rings. The van der Waals surface area contributed by atoms with Gasteiger partial charge < -0.3 is 10.4 Å². The van der Waals surface area contributed by atoms with E-state index in [0.29, 0.717) is 18.1 Å². The Morgan fingerprint density at radius 2 is 1.94 bits per heavy atom. The van der Waals surface area contributed by atoms with Crippen LogP contribution in [-0.4, -0.2) is 38.1 Å². The largest absolute Gasteiger partial charge is 0.387 e. The van der Waals surface area contributed by atoms with E-state index in [9.17, 15) is 13.5 Å². The fraction of sp³-hybridized carbons (Fsp3) is 0.500. The van der Waals surface area contributed by atoms with E-state index in [1.807, 2.05) is 0 Å². The molecule has 4 nitrogen and oxygen atoms in total. The van der Waals surface area contributed by atoms with Crippen molar-refractivity contribution >= 4 is 21.4 Å². The zero-order valence-corrected chi connectivity index (χ0v) is 11.8. The van der Waals surface area contributed by atoms with Gasteiger partial charge in [0.05, 0.1) is 11.9 Å². The summed E-state index contributed by atoms with van der Waals surface area (Å²) in [4.78, 5) is 0. The molecule has 0 amide bonds. The molecule has 0 fully saturated rings. The topological polar surface area (TPSA) is 66.4 Å². The molecule has 2 N–H and O–H groups in total. The van der Waals surface area contributed by atoms with Gasteiger partial charge in [-0.1, -0.05) is 30.7 Å². The van der Waals surface area contributed by atoms with Crippen molar-refractivity contribution in [1.82, 2.24) is 5.32 Å². The van der Waals surface area contributed by atoms with E-state index in [4.69, 9.17) is 11.6 Å². The first-order chi connectivity index (χ1) is 8.44. The molecule has 0 bridgehead atoms. The lowest BCUT2D eigenvalue weighted by molar-refractivity contribution is 0.175. The SMILES string of the molecule is CCS(=O)(=O)CCNCC(O)c1ccc(Cl)cc1. The molecule has 0 aliphatic heterocycles. The summed E-state index contributed by atoms with van der Waals surface area (Å²) in [6, 6.07) is 6.91. The van der Waals surface area contributed by atoms with E-state index in [0.717, 1.165) is 5.56 Å². The fourth-order valence-electron chi connectivity index (χ4n) is 1.41. The summed E-state index contributed by atoms with van der Waals surface area (Å²) in [7, 11) is -2.95. The smallest absolute Gasteiger partial charge is 0.151 e. The summed E-state index contributed by atoms with van der Waals surface area (Å²) in [6.07, 6.45) is -0.661. The molecule has 1 rings (SSSR count). The standard InChI is InChI=1S/C12H18ClNO3S/c1-2-18(16,17)8-7-14-9-12(15)10-3-5-11(13)6-4-10/h3-6,12,14-15H,2,7-9H2,1H3. The van der Waals surface area contributed by atoms with Gasteiger partial charge in [-0.2, -0.15) is 0 Å². The van der Waals surface area contributed by atoms with E-state index < -0.39 is 15.9 Å². The minimum Gasteiger partial charge on any atom is -0.387 e. The van der Waals surface area contributed by atoms with Crippen molar-refractivity contribution in [3.05, 3.63) is 34.9 Å². The van der Waals surface area contributed by atoms with Crippen LogP contribution in [0.1, 0.15) is 18.6 Å². The van der Waals surface area contributed by atoms with Gasteiger partial charge in [0, 0.05) is 23.9 Å². The summed E-state index contributed by atoms with van der Waals surface area (Å²) in [5.74, 6) is 0.241. The number of hydrogen-bond acceptors (Lipinski definition) is 4. The van der Waals surface area contributed by atoms with Crippen molar-refractivity contribution in [2.24, 2.45) is 0 Å². The Kier molecular flexibility index (Phi) is 6.08. The summed E-state index contributed by atoms with van der Waals surface area (Å²) in [5.41, 5.74) is 0.755. The Morgan fingerprint density at radius 1 is 1.33 bits per heavy atom. The predicted molar refractivity (Wildman–Crippen MR) is 73.6 cm³/mol. The Hall–Kier alpha value is -0.620. The average molecular weight is 292 g/mol. The lowest BCUT2D eigenvalue weighted by atomic mass is 10.1. The zero-order valence-electron chi connectivity index (χ0n) is 10.3. The average Bonchev–Trinajstić information content (AvgIpc) is 2.35. The van der Waals surface area contributed by atoms with Gasteiger partial charge in [0.15, 0.2) is 9.84 Å². The van der Waals surface area contributed by atoms with Crippen molar-refractivity contribution in [3.63, 3.8) is 0 Å². The van der Waals surface area contributed by atoms with Crippen molar-refractivity contribution in [2.75, 3.05) is 24.6 Å². The minimum absolute atomic E-state index is 0.0941. The van der Waals surface area contributed by atoms with Gasteiger partial charge in [-0.15, -0.1) is 0 Å². The maximum atomic E-state index is 11.2. The van der Waals surface area contributed by atoms with Crippen LogP contribution in [0.5, 0.6) is 0 Å². The lowest BCUT2D eigenvalue weighted by Gasteiger charge is -2.12. The van der Waals surface area contributed by atoms with Gasteiger partial charge in [0.2, 0.25) is 0 Å². The summed E-state index contributed by atoms with van der Waals surface area (Å²) < 4.78 is 22.5. The van der Waals surface area contributed by atoms with Crippen LogP contribution in [0.15, 0.2) is 24.3 Å². The molecule has 102 valence electrons. The fourth-order valence-corrected chi connectivity index (χ4v) is 2.28. The third-order valence-electron chi connectivity index (χ3n) is 2.62. The Morgan fingerprint density at radius 3 is 2.50 bits per heavy atom. The van der Waals surface area contributed by atoms with Gasteiger partial charge in [-0.05, 0) is 17.7 Å². The highest BCUT2D eigenvalue weighted by Gasteiger charge is 2.09. The second kappa shape index (κ2) is 7.09. The quantitative estimate of drug-likeness (QED) is 0.745. The van der Waals surface area contributed by atoms with Crippen molar-refractivity contribution in [1.29, 1.82) is 0 Å². The van der Waals surface area contributed by atoms with Crippen LogP contribution in [0.2, 0.25) is 5.02 Å². The minimum atomic E-state index is -2.95. The van der Waals surface area contributed by atoms with Crippen LogP contribution >= 0.6 is 11.6 Å². The molecule has 1 aromatic rings. The Balaban J connectivity index is 2.34. The first kappa shape index (κ1) is 15.4. The number of benzene rings is 1. The van der Waals surface area contributed by atoms with Crippen molar-refractivity contribution in [2.45, 2.75) is 13.0 Å². The molecule has 0 radical (unpaired) electrons. The maximum absolute atomic E-state index is 11.2. The first-order valence-electron chi connectivity index (χ1n) is 5.79. The molecule has 0 saturated heterocycles. The number of aliphatic hydroxyl groups is 1. The number of hydrogen-bond donors (Lipinski definition) is 2. The molecule has 0 aliphatic carbocycles. The number of sulfone groups is 1. The van der Waals surface area contributed by atoms with Gasteiger partial charge in [-0.3, -0.25) is 0 Å². The van der Waals surface area contributed by atoms with E-state index in [2.05, 4.69) is 5.32 Å². The van der Waals surface area contributed by atoms with Crippen LogP contribution in [0.25, 0.3) is 0 Å². The van der Waals surface area contributed by atoms with E-state index in [1.165, 1.54) is 0 Å². The lowest BCUT2D eigenvalue weighted by Crippen LogP contribution is -2.27. The molecule has 6 heteroatoms. The van der Waals surface area contributed by atoms with Gasteiger partial charge >= 0.3 is 0 Å². The number of nitrogens with one attached hydrogen (secondary N) is 1. The molecular formula is C12H18ClNO3S.